The molecular formula is C17H22N4O. The van der Waals surface area contributed by atoms with E-state index in [1.54, 1.807) is 6.07 Å². The molecule has 2 aromatic rings. The van der Waals surface area contributed by atoms with E-state index >= 15 is 0 Å². The number of benzene rings is 1. The van der Waals surface area contributed by atoms with Gasteiger partial charge in [-0.05, 0) is 50.9 Å². The molecule has 2 heterocycles. The molecule has 1 aliphatic heterocycles. The number of hydrogen-bond donors (Lipinski definition) is 2. The number of hydrogen-bond acceptors (Lipinski definition) is 3. The molecule has 2 fully saturated rings. The third-order valence-corrected chi connectivity index (χ3v) is 5.30. The Morgan fingerprint density at radius 2 is 2.00 bits per heavy atom. The van der Waals surface area contributed by atoms with Gasteiger partial charge in [-0.2, -0.15) is 0 Å². The van der Waals surface area contributed by atoms with Crippen LogP contribution < -0.4 is 5.73 Å². The first-order chi connectivity index (χ1) is 10.7. The van der Waals surface area contributed by atoms with E-state index in [2.05, 4.69) is 14.9 Å². The number of carbonyl (C=O) groups excluding carboxylic acids is 1. The third kappa shape index (κ3) is 2.29. The van der Waals surface area contributed by atoms with Gasteiger partial charge in [-0.25, -0.2) is 4.98 Å². The first kappa shape index (κ1) is 13.8. The fraction of sp³-hybridized carbons (Fsp3) is 0.529. The average molecular weight is 298 g/mol. The second-order valence-electron chi connectivity index (χ2n) is 6.58. The Labute approximate surface area is 129 Å². The van der Waals surface area contributed by atoms with Crippen LogP contribution in [-0.2, 0) is 0 Å². The summed E-state index contributed by atoms with van der Waals surface area (Å²) < 4.78 is 0. The summed E-state index contributed by atoms with van der Waals surface area (Å²) in [7, 11) is 0. The minimum absolute atomic E-state index is 0.413. The van der Waals surface area contributed by atoms with Crippen molar-refractivity contribution in [3.8, 4) is 0 Å². The fourth-order valence-corrected chi connectivity index (χ4v) is 3.73. The predicted molar refractivity (Wildman–Crippen MR) is 85.8 cm³/mol. The van der Waals surface area contributed by atoms with Crippen molar-refractivity contribution in [2.75, 3.05) is 13.1 Å². The van der Waals surface area contributed by atoms with Crippen LogP contribution in [0.3, 0.4) is 0 Å². The highest BCUT2D eigenvalue weighted by Crippen LogP contribution is 2.33. The van der Waals surface area contributed by atoms with Gasteiger partial charge in [0, 0.05) is 12.0 Å². The highest BCUT2D eigenvalue weighted by atomic mass is 16.1. The Kier molecular flexibility index (Phi) is 3.37. The molecule has 5 nitrogen and oxygen atoms in total. The van der Waals surface area contributed by atoms with Crippen molar-refractivity contribution in [2.24, 2.45) is 5.73 Å². The van der Waals surface area contributed by atoms with Crippen LogP contribution in [0.15, 0.2) is 18.2 Å². The fourth-order valence-electron chi connectivity index (χ4n) is 3.73. The van der Waals surface area contributed by atoms with Gasteiger partial charge in [-0.3, -0.25) is 4.79 Å². The van der Waals surface area contributed by atoms with Gasteiger partial charge < -0.3 is 15.6 Å². The first-order valence-electron chi connectivity index (χ1n) is 8.25. The predicted octanol–water partition coefficient (Wildman–Crippen LogP) is 2.39. The topological polar surface area (TPSA) is 75.0 Å². The molecule has 4 rings (SSSR count). The van der Waals surface area contributed by atoms with E-state index in [1.807, 2.05) is 12.1 Å². The Morgan fingerprint density at radius 1 is 1.23 bits per heavy atom. The van der Waals surface area contributed by atoms with E-state index in [0.717, 1.165) is 43.3 Å². The molecule has 0 unspecified atom stereocenters. The lowest BCUT2D eigenvalue weighted by Crippen LogP contribution is -2.44. The maximum atomic E-state index is 11.5. The Morgan fingerprint density at radius 3 is 2.64 bits per heavy atom. The number of carbonyl (C=O) groups is 1. The van der Waals surface area contributed by atoms with E-state index < -0.39 is 5.91 Å². The van der Waals surface area contributed by atoms with E-state index in [9.17, 15) is 4.79 Å². The first-order valence-corrected chi connectivity index (χ1v) is 8.25. The molecule has 1 aliphatic carbocycles. The molecule has 0 radical (unpaired) electrons. The molecule has 5 heteroatoms. The molecule has 1 amide bonds. The third-order valence-electron chi connectivity index (χ3n) is 5.30. The lowest BCUT2D eigenvalue weighted by Gasteiger charge is -2.41. The number of aromatic amines is 1. The molecule has 22 heavy (non-hydrogen) atoms. The van der Waals surface area contributed by atoms with Gasteiger partial charge in [-0.15, -0.1) is 0 Å². The highest BCUT2D eigenvalue weighted by molar-refractivity contribution is 6.04. The minimum Gasteiger partial charge on any atom is -0.366 e. The largest absolute Gasteiger partial charge is 0.366 e. The number of H-pyrrole nitrogens is 1. The van der Waals surface area contributed by atoms with Crippen LogP contribution >= 0.6 is 0 Å². The number of para-hydroxylation sites is 1. The van der Waals surface area contributed by atoms with Gasteiger partial charge in [0.1, 0.15) is 11.3 Å². The Balaban J connectivity index is 1.54. The van der Waals surface area contributed by atoms with Crippen LogP contribution in [0.2, 0.25) is 0 Å². The maximum Gasteiger partial charge on any atom is 0.250 e. The van der Waals surface area contributed by atoms with Gasteiger partial charge in [0.15, 0.2) is 0 Å². The number of nitrogens with one attached hydrogen (secondary N) is 1. The normalized spacial score (nSPS) is 21.1. The quantitative estimate of drug-likeness (QED) is 0.913. The molecule has 0 spiro atoms. The SMILES string of the molecule is NC(=O)c1cccc2[nH]c(C3CCN(C4CCC4)CC3)nc12. The summed E-state index contributed by atoms with van der Waals surface area (Å²) >= 11 is 0. The summed E-state index contributed by atoms with van der Waals surface area (Å²) in [4.78, 5) is 22.2. The van der Waals surface area contributed by atoms with Crippen molar-refractivity contribution in [2.45, 2.75) is 44.1 Å². The van der Waals surface area contributed by atoms with Crippen LogP contribution in [0.25, 0.3) is 11.0 Å². The van der Waals surface area contributed by atoms with Crippen molar-refractivity contribution in [1.29, 1.82) is 0 Å². The number of nitrogens with two attached hydrogens (primary N) is 1. The molecular weight excluding hydrogens is 276 g/mol. The molecule has 0 bridgehead atoms. The summed E-state index contributed by atoms with van der Waals surface area (Å²) in [6.45, 7) is 2.32. The Bertz CT molecular complexity index is 696. The van der Waals surface area contributed by atoms with Gasteiger partial charge in [0.2, 0.25) is 0 Å². The zero-order valence-electron chi connectivity index (χ0n) is 12.7. The second-order valence-corrected chi connectivity index (χ2v) is 6.58. The summed E-state index contributed by atoms with van der Waals surface area (Å²) in [6.07, 6.45) is 6.42. The minimum atomic E-state index is -0.413. The number of piperidine rings is 1. The smallest absolute Gasteiger partial charge is 0.250 e. The van der Waals surface area contributed by atoms with Crippen molar-refractivity contribution < 1.29 is 4.79 Å². The van der Waals surface area contributed by atoms with E-state index in [4.69, 9.17) is 5.73 Å². The average Bonchev–Trinajstić information content (AvgIpc) is 2.89. The van der Waals surface area contributed by atoms with Crippen molar-refractivity contribution in [1.82, 2.24) is 14.9 Å². The highest BCUT2D eigenvalue weighted by Gasteiger charge is 2.30. The number of primary amides is 1. The summed E-state index contributed by atoms with van der Waals surface area (Å²) in [5.74, 6) is 1.06. The van der Waals surface area contributed by atoms with Crippen LogP contribution in [0.1, 0.15) is 54.2 Å². The van der Waals surface area contributed by atoms with E-state index in [1.165, 1.54) is 19.3 Å². The molecule has 1 aromatic heterocycles. The van der Waals surface area contributed by atoms with Gasteiger partial charge in [-0.1, -0.05) is 12.5 Å². The number of aromatic nitrogens is 2. The number of amides is 1. The number of rotatable bonds is 3. The second kappa shape index (κ2) is 5.39. The van der Waals surface area contributed by atoms with Crippen LogP contribution in [0.4, 0.5) is 0 Å². The summed E-state index contributed by atoms with van der Waals surface area (Å²) in [5.41, 5.74) is 7.57. The summed E-state index contributed by atoms with van der Waals surface area (Å²) in [6, 6.07) is 6.39. The lowest BCUT2D eigenvalue weighted by atomic mass is 9.87. The van der Waals surface area contributed by atoms with Crippen molar-refractivity contribution in [3.05, 3.63) is 29.6 Å². The number of fused-ring (bicyclic) bond motifs is 1. The van der Waals surface area contributed by atoms with Gasteiger partial charge in [0.05, 0.1) is 11.1 Å². The standard InChI is InChI=1S/C17H22N4O/c18-16(22)13-5-2-6-14-15(13)20-17(19-14)11-7-9-21(10-8-11)12-3-1-4-12/h2,5-6,11-12H,1,3-4,7-10H2,(H2,18,22)(H,19,20). The van der Waals surface area contributed by atoms with E-state index in [0.29, 0.717) is 17.0 Å². The monoisotopic (exact) mass is 298 g/mol. The number of imidazole rings is 1. The number of likely N-dealkylation sites (tertiary alicyclic amines) is 1. The van der Waals surface area contributed by atoms with Crippen LogP contribution in [0, 0.1) is 0 Å². The zero-order valence-corrected chi connectivity index (χ0v) is 12.7. The molecule has 2 aliphatic rings. The van der Waals surface area contributed by atoms with Crippen LogP contribution in [-0.4, -0.2) is 39.9 Å². The van der Waals surface area contributed by atoms with Crippen LogP contribution in [0.5, 0.6) is 0 Å². The molecule has 0 atom stereocenters. The van der Waals surface area contributed by atoms with Gasteiger partial charge in [0.25, 0.3) is 5.91 Å². The molecule has 3 N–H and O–H groups in total. The molecule has 116 valence electrons. The maximum absolute atomic E-state index is 11.5. The number of nitrogens with zero attached hydrogens (tertiary/aromatic N) is 2. The Hall–Kier alpha value is -1.88. The van der Waals surface area contributed by atoms with Crippen molar-refractivity contribution in [3.63, 3.8) is 0 Å². The molecule has 1 saturated carbocycles. The zero-order chi connectivity index (χ0) is 15.1. The van der Waals surface area contributed by atoms with Gasteiger partial charge >= 0.3 is 0 Å². The van der Waals surface area contributed by atoms with E-state index in [-0.39, 0.29) is 0 Å². The lowest BCUT2D eigenvalue weighted by molar-refractivity contribution is 0.0965. The summed E-state index contributed by atoms with van der Waals surface area (Å²) in [5, 5.41) is 0. The molecule has 1 saturated heterocycles. The van der Waals surface area contributed by atoms with Crippen molar-refractivity contribution >= 4 is 16.9 Å². The molecule has 1 aromatic carbocycles.